The molecule has 5 heteroatoms. The summed E-state index contributed by atoms with van der Waals surface area (Å²) in [7, 11) is 1.71. The monoisotopic (exact) mass is 268 g/mol. The van der Waals surface area contributed by atoms with Crippen molar-refractivity contribution in [1.29, 1.82) is 0 Å². The van der Waals surface area contributed by atoms with Gasteiger partial charge in [-0.25, -0.2) is 0 Å². The number of carbonyl (C=O) groups excluding carboxylic acids is 2. The summed E-state index contributed by atoms with van der Waals surface area (Å²) in [5.41, 5.74) is -0.589. The summed E-state index contributed by atoms with van der Waals surface area (Å²) in [5, 5.41) is 9.36. The third-order valence-electron chi connectivity index (χ3n) is 4.37. The predicted octanol–water partition coefficient (Wildman–Crippen LogP) is 0.617. The molecular weight excluding hydrogens is 244 g/mol. The van der Waals surface area contributed by atoms with E-state index in [2.05, 4.69) is 0 Å². The second kappa shape index (κ2) is 5.12. The summed E-state index contributed by atoms with van der Waals surface area (Å²) in [5.74, 6) is 0.251. The molecule has 1 unspecified atom stereocenters. The van der Waals surface area contributed by atoms with Crippen LogP contribution in [-0.4, -0.2) is 58.5 Å². The average molecular weight is 268 g/mol. The summed E-state index contributed by atoms with van der Waals surface area (Å²) in [6.45, 7) is 4.26. The van der Waals surface area contributed by atoms with Crippen molar-refractivity contribution in [2.24, 2.45) is 5.92 Å². The number of hydrogen-bond donors (Lipinski definition) is 1. The van der Waals surface area contributed by atoms with Gasteiger partial charge in [-0.1, -0.05) is 0 Å². The lowest BCUT2D eigenvalue weighted by molar-refractivity contribution is -0.147. The maximum atomic E-state index is 12.5. The Morgan fingerprint density at radius 1 is 1.32 bits per heavy atom. The van der Waals surface area contributed by atoms with Crippen LogP contribution in [-0.2, 0) is 9.59 Å². The Hall–Kier alpha value is -1.10. The van der Waals surface area contributed by atoms with Crippen molar-refractivity contribution in [2.75, 3.05) is 20.2 Å². The van der Waals surface area contributed by atoms with Crippen LogP contribution in [0.3, 0.4) is 0 Å². The number of amides is 2. The highest BCUT2D eigenvalue weighted by Crippen LogP contribution is 2.34. The minimum Gasteiger partial charge on any atom is -0.394 e. The van der Waals surface area contributed by atoms with Crippen LogP contribution in [0, 0.1) is 5.92 Å². The lowest BCUT2D eigenvalue weighted by atomic mass is 10.0. The average Bonchev–Trinajstić information content (AvgIpc) is 3.13. The van der Waals surface area contributed by atoms with E-state index in [0.29, 0.717) is 6.54 Å². The van der Waals surface area contributed by atoms with Gasteiger partial charge in [0.2, 0.25) is 11.8 Å². The Balaban J connectivity index is 2.07. The minimum absolute atomic E-state index is 0.0504. The van der Waals surface area contributed by atoms with Crippen LogP contribution in [0.1, 0.15) is 39.5 Å². The zero-order chi connectivity index (χ0) is 14.2. The second-order valence-corrected chi connectivity index (χ2v) is 6.33. The molecule has 1 atom stereocenters. The molecule has 1 saturated heterocycles. The van der Waals surface area contributed by atoms with Gasteiger partial charge < -0.3 is 14.9 Å². The normalized spacial score (nSPS) is 23.6. The van der Waals surface area contributed by atoms with Crippen molar-refractivity contribution in [3.63, 3.8) is 0 Å². The lowest BCUT2D eigenvalue weighted by Gasteiger charge is -2.37. The van der Waals surface area contributed by atoms with Gasteiger partial charge in [0.1, 0.15) is 6.04 Å². The maximum absolute atomic E-state index is 12.5. The van der Waals surface area contributed by atoms with Crippen molar-refractivity contribution < 1.29 is 14.7 Å². The van der Waals surface area contributed by atoms with Crippen LogP contribution in [0.4, 0.5) is 0 Å². The molecule has 0 aromatic rings. The highest BCUT2D eigenvalue weighted by atomic mass is 16.3. The first kappa shape index (κ1) is 14.3. The summed E-state index contributed by atoms with van der Waals surface area (Å²) in [4.78, 5) is 28.0. The summed E-state index contributed by atoms with van der Waals surface area (Å²) >= 11 is 0. The van der Waals surface area contributed by atoms with Crippen LogP contribution in [0.5, 0.6) is 0 Å². The molecule has 1 saturated carbocycles. The molecule has 1 aliphatic heterocycles. The lowest BCUT2D eigenvalue weighted by Crippen LogP contribution is -2.54. The van der Waals surface area contributed by atoms with Gasteiger partial charge in [0, 0.05) is 19.5 Å². The van der Waals surface area contributed by atoms with Gasteiger partial charge in [0.15, 0.2) is 0 Å². The van der Waals surface area contributed by atoms with E-state index in [1.54, 1.807) is 16.8 Å². The smallest absolute Gasteiger partial charge is 0.245 e. The van der Waals surface area contributed by atoms with Gasteiger partial charge in [-0.05, 0) is 39.5 Å². The van der Waals surface area contributed by atoms with E-state index >= 15 is 0 Å². The van der Waals surface area contributed by atoms with Gasteiger partial charge >= 0.3 is 0 Å². The minimum atomic E-state index is -0.589. The fourth-order valence-electron chi connectivity index (χ4n) is 2.48. The molecule has 1 heterocycles. The van der Waals surface area contributed by atoms with Gasteiger partial charge in [-0.2, -0.15) is 0 Å². The molecule has 2 amide bonds. The Bertz CT molecular complexity index is 377. The molecule has 0 spiro atoms. The first-order valence-electron chi connectivity index (χ1n) is 7.07. The molecule has 0 bridgehead atoms. The zero-order valence-corrected chi connectivity index (χ0v) is 12.1. The number of hydrogen-bond acceptors (Lipinski definition) is 3. The fourth-order valence-corrected chi connectivity index (χ4v) is 2.48. The van der Waals surface area contributed by atoms with Crippen LogP contribution >= 0.6 is 0 Å². The zero-order valence-electron chi connectivity index (χ0n) is 12.1. The van der Waals surface area contributed by atoms with Gasteiger partial charge in [-0.3, -0.25) is 9.59 Å². The Morgan fingerprint density at radius 3 is 2.47 bits per heavy atom. The second-order valence-electron chi connectivity index (χ2n) is 6.33. The van der Waals surface area contributed by atoms with E-state index < -0.39 is 5.54 Å². The number of carbonyl (C=O) groups is 2. The number of aliphatic hydroxyl groups excluding tert-OH is 1. The molecule has 1 N–H and O–H groups in total. The highest BCUT2D eigenvalue weighted by Gasteiger charge is 2.43. The number of aliphatic hydroxyl groups is 1. The summed E-state index contributed by atoms with van der Waals surface area (Å²) < 4.78 is 0. The number of likely N-dealkylation sites (tertiary alicyclic amines) is 1. The Morgan fingerprint density at radius 2 is 1.95 bits per heavy atom. The highest BCUT2D eigenvalue weighted by molar-refractivity contribution is 5.90. The fraction of sp³-hybridized carbons (Fsp3) is 0.857. The molecule has 0 aromatic carbocycles. The summed E-state index contributed by atoms with van der Waals surface area (Å²) in [6.07, 6.45) is 3.56. The Labute approximate surface area is 114 Å². The predicted molar refractivity (Wildman–Crippen MR) is 71.4 cm³/mol. The largest absolute Gasteiger partial charge is 0.394 e. The van der Waals surface area contributed by atoms with E-state index in [1.807, 2.05) is 13.8 Å². The number of rotatable bonds is 4. The van der Waals surface area contributed by atoms with Crippen LogP contribution < -0.4 is 0 Å². The Kier molecular flexibility index (Phi) is 3.85. The first-order valence-corrected chi connectivity index (χ1v) is 7.07. The molecule has 0 radical (unpaired) electrons. The molecule has 2 rings (SSSR count). The molecule has 2 fully saturated rings. The van der Waals surface area contributed by atoms with Crippen LogP contribution in [0.15, 0.2) is 0 Å². The van der Waals surface area contributed by atoms with Crippen molar-refractivity contribution in [1.82, 2.24) is 9.80 Å². The van der Waals surface area contributed by atoms with E-state index in [9.17, 15) is 14.7 Å². The van der Waals surface area contributed by atoms with Crippen molar-refractivity contribution in [3.05, 3.63) is 0 Å². The molecule has 0 aromatic heterocycles. The molecule has 108 valence electrons. The van der Waals surface area contributed by atoms with Gasteiger partial charge in [0.05, 0.1) is 12.1 Å². The maximum Gasteiger partial charge on any atom is 0.245 e. The third kappa shape index (κ3) is 2.76. The topological polar surface area (TPSA) is 60.9 Å². The van der Waals surface area contributed by atoms with Gasteiger partial charge in [0.25, 0.3) is 0 Å². The van der Waals surface area contributed by atoms with E-state index in [4.69, 9.17) is 0 Å². The molecule has 1 aliphatic carbocycles. The summed E-state index contributed by atoms with van der Waals surface area (Å²) in [6, 6.07) is -0.330. The van der Waals surface area contributed by atoms with E-state index in [-0.39, 0.29) is 30.4 Å². The molecule has 19 heavy (non-hydrogen) atoms. The number of nitrogens with zero attached hydrogens (tertiary/aromatic N) is 2. The first-order chi connectivity index (χ1) is 8.88. The van der Waals surface area contributed by atoms with Gasteiger partial charge in [-0.15, -0.1) is 0 Å². The quantitative estimate of drug-likeness (QED) is 0.813. The third-order valence-corrected chi connectivity index (χ3v) is 4.37. The molecule has 2 aliphatic rings. The molecule has 5 nitrogen and oxygen atoms in total. The van der Waals surface area contributed by atoms with Crippen LogP contribution in [0.2, 0.25) is 0 Å². The van der Waals surface area contributed by atoms with Crippen molar-refractivity contribution in [3.8, 4) is 0 Å². The van der Waals surface area contributed by atoms with Crippen molar-refractivity contribution in [2.45, 2.75) is 51.1 Å². The van der Waals surface area contributed by atoms with E-state index in [1.165, 1.54) is 0 Å². The van der Waals surface area contributed by atoms with E-state index in [0.717, 1.165) is 25.7 Å². The SMILES string of the molecule is CN(C(=O)C1CCCN1C(=O)C1CC1)C(C)(C)CO. The standard InChI is InChI=1S/C14H24N2O3/c1-14(2,9-17)15(3)13(19)11-5-4-8-16(11)12(18)10-6-7-10/h10-11,17H,4-9H2,1-3H3. The van der Waals surface area contributed by atoms with Crippen LogP contribution in [0.25, 0.3) is 0 Å². The molecular formula is C14H24N2O3. The van der Waals surface area contributed by atoms with Crippen molar-refractivity contribution >= 4 is 11.8 Å². The number of likely N-dealkylation sites (N-methyl/N-ethyl adjacent to an activating group) is 1.